The molecule has 0 aromatic heterocycles. The van der Waals surface area contributed by atoms with E-state index in [1.54, 1.807) is 24.3 Å². The number of carboxylic acid groups (broad SMARTS) is 1. The van der Waals surface area contributed by atoms with Crippen molar-refractivity contribution in [2.45, 2.75) is 71.1 Å². The maximum Gasteiger partial charge on any atom is 0.335 e. The van der Waals surface area contributed by atoms with E-state index in [1.165, 1.54) is 57.8 Å². The average molecular weight is 407 g/mol. The van der Waals surface area contributed by atoms with Crippen molar-refractivity contribution in [3.8, 4) is 17.6 Å². The van der Waals surface area contributed by atoms with Crippen molar-refractivity contribution in [2.24, 2.45) is 0 Å². The molecule has 0 bridgehead atoms. The van der Waals surface area contributed by atoms with Gasteiger partial charge in [-0.2, -0.15) is 0 Å². The first kappa shape index (κ1) is 23.5. The largest absolute Gasteiger partial charge is 0.494 e. The molecule has 1 N–H and O–H groups in total. The Balaban J connectivity index is 1.60. The Morgan fingerprint density at radius 1 is 0.733 bits per heavy atom. The molecule has 0 atom stereocenters. The lowest BCUT2D eigenvalue weighted by atomic mass is 10.1. The van der Waals surface area contributed by atoms with E-state index in [0.29, 0.717) is 0 Å². The number of unbranched alkanes of at least 4 members (excludes halogenated alkanes) is 9. The number of hydrogen-bond acceptors (Lipinski definition) is 2. The van der Waals surface area contributed by atoms with Gasteiger partial charge in [0.2, 0.25) is 0 Å². The smallest absolute Gasteiger partial charge is 0.335 e. The molecule has 0 aliphatic heterocycles. The van der Waals surface area contributed by atoms with Crippen LogP contribution in [0.5, 0.6) is 5.75 Å². The third-order valence-corrected chi connectivity index (χ3v) is 5.10. The minimum atomic E-state index is -0.928. The summed E-state index contributed by atoms with van der Waals surface area (Å²) in [5.74, 6) is 6.10. The Morgan fingerprint density at radius 2 is 1.20 bits per heavy atom. The molecule has 0 saturated carbocycles. The molecule has 0 amide bonds. The van der Waals surface area contributed by atoms with E-state index in [-0.39, 0.29) is 5.56 Å². The van der Waals surface area contributed by atoms with Gasteiger partial charge in [0, 0.05) is 11.1 Å². The van der Waals surface area contributed by atoms with Crippen LogP contribution in [0, 0.1) is 11.8 Å². The summed E-state index contributed by atoms with van der Waals surface area (Å²) in [5.41, 5.74) is 1.97. The predicted octanol–water partition coefficient (Wildman–Crippen LogP) is 7.08. The Labute approximate surface area is 181 Å². The van der Waals surface area contributed by atoms with Crippen molar-refractivity contribution >= 4 is 5.97 Å². The number of rotatable bonds is 13. The van der Waals surface area contributed by atoms with Crippen LogP contribution in [0.25, 0.3) is 0 Å². The monoisotopic (exact) mass is 406 g/mol. The summed E-state index contributed by atoms with van der Waals surface area (Å²) in [6.45, 7) is 3.02. The highest BCUT2D eigenvalue weighted by Gasteiger charge is 2.00. The van der Waals surface area contributed by atoms with Crippen LogP contribution in [0.15, 0.2) is 48.5 Å². The van der Waals surface area contributed by atoms with Gasteiger partial charge in [0.05, 0.1) is 12.2 Å². The van der Waals surface area contributed by atoms with E-state index in [9.17, 15) is 4.79 Å². The Morgan fingerprint density at radius 3 is 1.70 bits per heavy atom. The highest BCUT2D eigenvalue weighted by Crippen LogP contribution is 2.14. The Hall–Kier alpha value is -2.73. The topological polar surface area (TPSA) is 46.5 Å². The summed E-state index contributed by atoms with van der Waals surface area (Å²) in [6.07, 6.45) is 13.2. The second kappa shape index (κ2) is 14.3. The molecule has 2 aromatic rings. The van der Waals surface area contributed by atoms with Crippen molar-refractivity contribution in [3.63, 3.8) is 0 Å². The summed E-state index contributed by atoms with van der Waals surface area (Å²) in [4.78, 5) is 10.9. The molecule has 0 fully saturated rings. The summed E-state index contributed by atoms with van der Waals surface area (Å²) >= 11 is 0. The Kier molecular flexibility index (Phi) is 11.2. The maximum absolute atomic E-state index is 10.9. The van der Waals surface area contributed by atoms with Crippen LogP contribution in [0.2, 0.25) is 0 Å². The molecule has 2 aromatic carbocycles. The van der Waals surface area contributed by atoms with Gasteiger partial charge >= 0.3 is 5.97 Å². The fraction of sp³-hybridized carbons (Fsp3) is 0.444. The van der Waals surface area contributed by atoms with Crippen molar-refractivity contribution in [1.82, 2.24) is 0 Å². The highest BCUT2D eigenvalue weighted by atomic mass is 16.5. The lowest BCUT2D eigenvalue weighted by Gasteiger charge is -2.06. The molecule has 2 rings (SSSR count). The number of carbonyl (C=O) groups is 1. The molecule has 160 valence electrons. The predicted molar refractivity (Wildman–Crippen MR) is 123 cm³/mol. The van der Waals surface area contributed by atoms with E-state index in [1.807, 2.05) is 24.3 Å². The summed E-state index contributed by atoms with van der Waals surface area (Å²) in [7, 11) is 0. The zero-order chi connectivity index (χ0) is 21.4. The number of ether oxygens (including phenoxy) is 1. The molecule has 30 heavy (non-hydrogen) atoms. The molecule has 0 unspecified atom stereocenters. The van der Waals surface area contributed by atoms with Gasteiger partial charge in [-0.25, -0.2) is 4.79 Å². The van der Waals surface area contributed by atoms with Gasteiger partial charge in [-0.3, -0.25) is 0 Å². The first-order chi connectivity index (χ1) is 14.7. The quantitative estimate of drug-likeness (QED) is 0.285. The minimum absolute atomic E-state index is 0.268. The van der Waals surface area contributed by atoms with E-state index in [2.05, 4.69) is 18.8 Å². The van der Waals surface area contributed by atoms with Crippen molar-refractivity contribution in [1.29, 1.82) is 0 Å². The van der Waals surface area contributed by atoms with Crippen molar-refractivity contribution in [2.75, 3.05) is 6.61 Å². The van der Waals surface area contributed by atoms with Gasteiger partial charge in [-0.05, 0) is 55.0 Å². The molecule has 0 heterocycles. The van der Waals surface area contributed by atoms with Crippen LogP contribution in [-0.2, 0) is 0 Å². The van der Waals surface area contributed by atoms with Gasteiger partial charge in [0.25, 0.3) is 0 Å². The molecular formula is C27H34O3. The second-order valence-corrected chi connectivity index (χ2v) is 7.69. The molecule has 0 spiro atoms. The van der Waals surface area contributed by atoms with Crippen LogP contribution in [-0.4, -0.2) is 17.7 Å². The second-order valence-electron chi connectivity index (χ2n) is 7.69. The zero-order valence-electron chi connectivity index (χ0n) is 18.2. The summed E-state index contributed by atoms with van der Waals surface area (Å²) in [6, 6.07) is 14.4. The van der Waals surface area contributed by atoms with Crippen LogP contribution in [0.3, 0.4) is 0 Å². The van der Waals surface area contributed by atoms with Gasteiger partial charge < -0.3 is 9.84 Å². The molecule has 3 heteroatoms. The van der Waals surface area contributed by atoms with Crippen LogP contribution in [0.4, 0.5) is 0 Å². The summed E-state index contributed by atoms with van der Waals surface area (Å²) < 4.78 is 5.83. The number of aromatic carboxylic acids is 1. The van der Waals surface area contributed by atoms with Crippen LogP contribution in [0.1, 0.15) is 92.6 Å². The van der Waals surface area contributed by atoms with Gasteiger partial charge in [-0.1, -0.05) is 76.6 Å². The normalized spacial score (nSPS) is 10.3. The number of carboxylic acids is 1. The molecule has 0 saturated heterocycles. The summed E-state index contributed by atoms with van der Waals surface area (Å²) in [5, 5.41) is 8.92. The molecule has 0 radical (unpaired) electrons. The zero-order valence-corrected chi connectivity index (χ0v) is 18.2. The molecule has 0 aliphatic rings. The van der Waals surface area contributed by atoms with Crippen molar-refractivity contribution < 1.29 is 14.6 Å². The fourth-order valence-electron chi connectivity index (χ4n) is 3.25. The minimum Gasteiger partial charge on any atom is -0.494 e. The third kappa shape index (κ3) is 9.65. The van der Waals surface area contributed by atoms with E-state index in [0.717, 1.165) is 29.9 Å². The van der Waals surface area contributed by atoms with E-state index < -0.39 is 5.97 Å². The van der Waals surface area contributed by atoms with Crippen LogP contribution < -0.4 is 4.74 Å². The fourth-order valence-corrected chi connectivity index (χ4v) is 3.25. The first-order valence-corrected chi connectivity index (χ1v) is 11.3. The number of benzene rings is 2. The van der Waals surface area contributed by atoms with Gasteiger partial charge in [0.15, 0.2) is 0 Å². The van der Waals surface area contributed by atoms with Gasteiger partial charge in [0.1, 0.15) is 5.75 Å². The van der Waals surface area contributed by atoms with Gasteiger partial charge in [-0.15, -0.1) is 0 Å². The lowest BCUT2D eigenvalue weighted by molar-refractivity contribution is 0.0697. The standard InChI is InChI=1S/C27H34O3/c1-2-3-4-5-6-7-8-9-10-11-22-30-26-20-16-24(17-21-26)13-12-23-14-18-25(19-15-23)27(28)29/h14-21H,2-11,22H2,1H3,(H,28,29). The first-order valence-electron chi connectivity index (χ1n) is 11.3. The van der Waals surface area contributed by atoms with Crippen molar-refractivity contribution in [3.05, 3.63) is 65.2 Å². The lowest BCUT2D eigenvalue weighted by Crippen LogP contribution is -1.97. The maximum atomic E-state index is 10.9. The SMILES string of the molecule is CCCCCCCCCCCCOc1ccc(C#Cc2ccc(C(=O)O)cc2)cc1. The van der Waals surface area contributed by atoms with E-state index in [4.69, 9.17) is 9.84 Å². The Bertz CT molecular complexity index is 795. The molecule has 3 nitrogen and oxygen atoms in total. The average Bonchev–Trinajstić information content (AvgIpc) is 2.77. The molecular weight excluding hydrogens is 372 g/mol. The number of hydrogen-bond donors (Lipinski definition) is 1. The third-order valence-electron chi connectivity index (χ3n) is 5.10. The van der Waals surface area contributed by atoms with Crippen LogP contribution >= 0.6 is 0 Å². The van der Waals surface area contributed by atoms with E-state index >= 15 is 0 Å². The highest BCUT2D eigenvalue weighted by molar-refractivity contribution is 5.87. The molecule has 0 aliphatic carbocycles.